The molecule has 0 amide bonds. The maximum absolute atomic E-state index is 12.0. The summed E-state index contributed by atoms with van der Waals surface area (Å²) in [5.41, 5.74) is 3.50. The fraction of sp³-hybridized carbons (Fsp3) is 0.286. The molecule has 1 aromatic rings. The number of benzene rings is 1. The van der Waals surface area contributed by atoms with Gasteiger partial charge in [-0.2, -0.15) is 0 Å². The van der Waals surface area contributed by atoms with Gasteiger partial charge >= 0.3 is 0 Å². The Morgan fingerprint density at radius 1 is 1.15 bits per heavy atom. The van der Waals surface area contributed by atoms with Crippen molar-refractivity contribution in [2.75, 3.05) is 0 Å². The zero-order chi connectivity index (χ0) is 19.6. The lowest BCUT2D eigenvalue weighted by Crippen LogP contribution is -2.81. The number of nitrogens with two attached hydrogens (primary N) is 1. The normalized spacial score (nSPS) is 26.2. The van der Waals surface area contributed by atoms with Gasteiger partial charge in [-0.25, -0.2) is 22.3 Å². The van der Waals surface area contributed by atoms with Crippen LogP contribution in [-0.4, -0.2) is 35.7 Å². The molecule has 0 saturated heterocycles. The van der Waals surface area contributed by atoms with Crippen LogP contribution in [-0.2, 0) is 20.2 Å². The number of hydrogen-bond acceptors (Lipinski definition) is 9. The van der Waals surface area contributed by atoms with E-state index in [2.05, 4.69) is 16.7 Å². The number of allylic oxidation sites excluding steroid dienone is 2. The molecule has 1 aliphatic rings. The lowest BCUT2D eigenvalue weighted by Gasteiger charge is -2.48. The van der Waals surface area contributed by atoms with E-state index in [0.717, 1.165) is 6.08 Å². The monoisotopic (exact) mass is 403 g/mol. The SMILES string of the molecule is NN[C@@]1(N[NH3+])C=C[C@@H](/C=C/c2ccccc2)C(S(=O)(=O)[O-])(S(=O)(=O)[O-])C1. The fourth-order valence-corrected chi connectivity index (χ4v) is 5.67. The van der Waals surface area contributed by atoms with Gasteiger partial charge in [-0.3, -0.25) is 11.7 Å². The van der Waals surface area contributed by atoms with Crippen molar-refractivity contribution < 1.29 is 31.8 Å². The van der Waals surface area contributed by atoms with E-state index >= 15 is 0 Å². The van der Waals surface area contributed by atoms with Gasteiger partial charge < -0.3 is 9.11 Å². The molecule has 0 radical (unpaired) electrons. The summed E-state index contributed by atoms with van der Waals surface area (Å²) in [4.78, 5) is 0. The van der Waals surface area contributed by atoms with Crippen LogP contribution in [0.5, 0.6) is 0 Å². The molecule has 1 aromatic carbocycles. The first kappa shape index (κ1) is 20.7. The molecule has 144 valence electrons. The Morgan fingerprint density at radius 3 is 2.19 bits per heavy atom. The van der Waals surface area contributed by atoms with Crippen LogP contribution >= 0.6 is 0 Å². The van der Waals surface area contributed by atoms with E-state index in [9.17, 15) is 25.9 Å². The summed E-state index contributed by atoms with van der Waals surface area (Å²) in [6.07, 6.45) is 4.14. The predicted molar refractivity (Wildman–Crippen MR) is 90.9 cm³/mol. The highest BCUT2D eigenvalue weighted by molar-refractivity contribution is 8.05. The van der Waals surface area contributed by atoms with Gasteiger partial charge in [0.25, 0.3) is 0 Å². The van der Waals surface area contributed by atoms with Crippen molar-refractivity contribution in [3.63, 3.8) is 0 Å². The lowest BCUT2D eigenvalue weighted by atomic mass is 9.87. The van der Waals surface area contributed by atoms with Crippen LogP contribution in [0, 0.1) is 5.92 Å². The van der Waals surface area contributed by atoms with Crippen LogP contribution in [0.1, 0.15) is 12.0 Å². The summed E-state index contributed by atoms with van der Waals surface area (Å²) in [5, 5.41) is 0. The van der Waals surface area contributed by atoms with Gasteiger partial charge in [0.15, 0.2) is 4.08 Å². The van der Waals surface area contributed by atoms with Crippen LogP contribution in [0.4, 0.5) is 0 Å². The van der Waals surface area contributed by atoms with Crippen molar-refractivity contribution in [3.8, 4) is 0 Å². The minimum Gasteiger partial charge on any atom is -0.747 e. The highest BCUT2D eigenvalue weighted by Gasteiger charge is 2.56. The van der Waals surface area contributed by atoms with Gasteiger partial charge in [0.05, 0.1) is 0 Å². The van der Waals surface area contributed by atoms with Crippen molar-refractivity contribution in [1.82, 2.24) is 10.9 Å². The Bertz CT molecular complexity index is 876. The van der Waals surface area contributed by atoms with E-state index in [1.165, 1.54) is 18.2 Å². The average molecular weight is 403 g/mol. The smallest absolute Gasteiger partial charge is 0.163 e. The van der Waals surface area contributed by atoms with E-state index in [1.54, 1.807) is 30.3 Å². The summed E-state index contributed by atoms with van der Waals surface area (Å²) in [6, 6.07) is 8.56. The first-order valence-corrected chi connectivity index (χ1v) is 10.2. The molecule has 0 spiro atoms. The van der Waals surface area contributed by atoms with Crippen molar-refractivity contribution in [2.45, 2.75) is 16.2 Å². The van der Waals surface area contributed by atoms with Crippen LogP contribution < -0.4 is 22.5 Å². The van der Waals surface area contributed by atoms with Crippen molar-refractivity contribution >= 4 is 26.3 Å². The van der Waals surface area contributed by atoms with Crippen molar-refractivity contribution in [2.24, 2.45) is 11.8 Å². The van der Waals surface area contributed by atoms with Gasteiger partial charge in [0.2, 0.25) is 0 Å². The summed E-state index contributed by atoms with van der Waals surface area (Å²) >= 11 is 0. The standard InChI is InChI=1S/C14H20N4O6S2/c15-17-13(18-16)9-8-12(7-6-11-4-2-1-3-5-11)14(10-13,25(19,20)21)26(22,23)24/h1-9,12,17-18H,10,15-16H2,(H,19,20,21)(H,22,23,24)/p-1/b7-6+/t12-/m1/s1. The highest BCUT2D eigenvalue weighted by atomic mass is 32.3. The minimum atomic E-state index is -5.61. The number of nitrogens with one attached hydrogen (secondary N) is 2. The quantitative estimate of drug-likeness (QED) is 0.136. The second kappa shape index (κ2) is 7.17. The molecule has 0 saturated carbocycles. The molecule has 12 heteroatoms. The molecular weight excluding hydrogens is 384 g/mol. The molecule has 0 heterocycles. The Hall–Kier alpha value is -1.64. The molecule has 0 unspecified atom stereocenters. The van der Waals surface area contributed by atoms with Gasteiger partial charge in [0, 0.05) is 12.3 Å². The fourth-order valence-electron chi connectivity index (χ4n) is 2.88. The van der Waals surface area contributed by atoms with E-state index in [0.29, 0.717) is 5.56 Å². The number of hydrazine groups is 1. The third-order valence-electron chi connectivity index (χ3n) is 4.34. The third-order valence-corrected chi connectivity index (χ3v) is 8.09. The summed E-state index contributed by atoms with van der Waals surface area (Å²) in [7, 11) is -11.2. The molecule has 1 aliphatic carbocycles. The molecule has 2 rings (SSSR count). The van der Waals surface area contributed by atoms with E-state index < -0.39 is 42.3 Å². The van der Waals surface area contributed by atoms with Gasteiger partial charge in [0.1, 0.15) is 25.9 Å². The van der Waals surface area contributed by atoms with Crippen LogP contribution in [0.25, 0.3) is 6.08 Å². The first-order valence-electron chi connectivity index (χ1n) is 7.37. The maximum Gasteiger partial charge on any atom is 0.163 e. The second-order valence-corrected chi connectivity index (χ2v) is 9.38. The predicted octanol–water partition coefficient (Wildman–Crippen LogP) is -2.03. The zero-order valence-electron chi connectivity index (χ0n) is 13.5. The van der Waals surface area contributed by atoms with Gasteiger partial charge in [-0.15, -0.1) is 5.43 Å². The third kappa shape index (κ3) is 3.58. The first-order chi connectivity index (χ1) is 12.0. The Morgan fingerprint density at radius 2 is 1.73 bits per heavy atom. The molecule has 0 fully saturated rings. The van der Waals surface area contributed by atoms with Gasteiger partial charge in [-0.05, 0) is 11.6 Å². The Labute approximate surface area is 151 Å². The molecule has 10 nitrogen and oxygen atoms in total. The molecule has 2 atom stereocenters. The molecule has 0 bridgehead atoms. The highest BCUT2D eigenvalue weighted by Crippen LogP contribution is 2.43. The largest absolute Gasteiger partial charge is 0.747 e. The van der Waals surface area contributed by atoms with Crippen molar-refractivity contribution in [3.05, 3.63) is 54.1 Å². The Balaban J connectivity index is 2.68. The van der Waals surface area contributed by atoms with E-state index in [4.69, 9.17) is 5.84 Å². The molecular formula is C14H19N4O6S2-. The van der Waals surface area contributed by atoms with Crippen LogP contribution in [0.15, 0.2) is 48.6 Å². The maximum atomic E-state index is 12.0. The van der Waals surface area contributed by atoms with Crippen LogP contribution in [0.2, 0.25) is 0 Å². The zero-order valence-corrected chi connectivity index (χ0v) is 15.2. The van der Waals surface area contributed by atoms with Crippen molar-refractivity contribution in [1.29, 1.82) is 0 Å². The summed E-state index contributed by atoms with van der Waals surface area (Å²) in [6.45, 7) is 0. The summed E-state index contributed by atoms with van der Waals surface area (Å²) in [5.74, 6) is 7.19. The average Bonchev–Trinajstić information content (AvgIpc) is 2.58. The number of rotatable bonds is 6. The lowest BCUT2D eigenvalue weighted by molar-refractivity contribution is -0.463. The number of quaternary nitrogens is 1. The summed E-state index contributed by atoms with van der Waals surface area (Å²) < 4.78 is 68.7. The minimum absolute atomic E-state index is 0.630. The van der Waals surface area contributed by atoms with Crippen LogP contribution in [0.3, 0.4) is 0 Å². The van der Waals surface area contributed by atoms with Gasteiger partial charge in [-0.1, -0.05) is 48.6 Å². The Kier molecular flexibility index (Phi) is 5.70. The molecule has 0 aromatic heterocycles. The van der Waals surface area contributed by atoms with E-state index in [-0.39, 0.29) is 0 Å². The second-order valence-electron chi connectivity index (χ2n) is 5.84. The topological polar surface area (TPSA) is 192 Å². The molecule has 7 N–H and O–H groups in total. The molecule has 26 heavy (non-hydrogen) atoms. The van der Waals surface area contributed by atoms with E-state index in [1.807, 2.05) is 0 Å². The number of hydrogen-bond donors (Lipinski definition) is 4. The molecule has 0 aliphatic heterocycles.